The van der Waals surface area contributed by atoms with Gasteiger partial charge in [0.25, 0.3) is 0 Å². The molecule has 1 heterocycles. The van der Waals surface area contributed by atoms with Crippen LogP contribution in [0, 0.1) is 11.7 Å². The van der Waals surface area contributed by atoms with Gasteiger partial charge >= 0.3 is 0 Å². The van der Waals surface area contributed by atoms with E-state index in [0.29, 0.717) is 12.0 Å². The SMILES string of the molecule is CCNC(CCCC1Cc2cc(F)ccc2O1)C(C)C. The predicted molar refractivity (Wildman–Crippen MR) is 80.7 cm³/mol. The summed E-state index contributed by atoms with van der Waals surface area (Å²) in [7, 11) is 0. The van der Waals surface area contributed by atoms with Crippen molar-refractivity contribution in [3.63, 3.8) is 0 Å². The molecule has 20 heavy (non-hydrogen) atoms. The molecular weight excluding hydrogens is 253 g/mol. The van der Waals surface area contributed by atoms with Gasteiger partial charge in [-0.3, -0.25) is 0 Å². The van der Waals surface area contributed by atoms with Crippen molar-refractivity contribution in [1.82, 2.24) is 5.32 Å². The van der Waals surface area contributed by atoms with Crippen LogP contribution in [0.3, 0.4) is 0 Å². The first-order chi connectivity index (χ1) is 9.60. The first kappa shape index (κ1) is 15.3. The summed E-state index contributed by atoms with van der Waals surface area (Å²) in [6, 6.07) is 5.41. The van der Waals surface area contributed by atoms with Gasteiger partial charge in [-0.2, -0.15) is 0 Å². The lowest BCUT2D eigenvalue weighted by Gasteiger charge is -2.22. The van der Waals surface area contributed by atoms with Crippen LogP contribution in [0.2, 0.25) is 0 Å². The highest BCUT2D eigenvalue weighted by molar-refractivity contribution is 5.37. The normalized spacial score (nSPS) is 18.9. The molecule has 1 aliphatic rings. The Hall–Kier alpha value is -1.09. The lowest BCUT2D eigenvalue weighted by molar-refractivity contribution is 0.212. The van der Waals surface area contributed by atoms with Crippen molar-refractivity contribution in [2.75, 3.05) is 6.54 Å². The van der Waals surface area contributed by atoms with Crippen molar-refractivity contribution < 1.29 is 9.13 Å². The molecule has 1 N–H and O–H groups in total. The summed E-state index contributed by atoms with van der Waals surface area (Å²) in [5.74, 6) is 1.36. The predicted octanol–water partition coefficient (Wildman–Crippen LogP) is 3.93. The molecule has 1 aromatic carbocycles. The van der Waals surface area contributed by atoms with Gasteiger partial charge in [0.05, 0.1) is 0 Å². The molecule has 0 aliphatic carbocycles. The second-order valence-electron chi connectivity index (χ2n) is 6.04. The van der Waals surface area contributed by atoms with E-state index in [0.717, 1.165) is 37.1 Å². The van der Waals surface area contributed by atoms with Crippen molar-refractivity contribution >= 4 is 0 Å². The minimum absolute atomic E-state index is 0.167. The topological polar surface area (TPSA) is 21.3 Å². The number of nitrogens with one attached hydrogen (secondary N) is 1. The van der Waals surface area contributed by atoms with Crippen LogP contribution >= 0.6 is 0 Å². The Labute approximate surface area is 121 Å². The van der Waals surface area contributed by atoms with E-state index < -0.39 is 0 Å². The summed E-state index contributed by atoms with van der Waals surface area (Å²) in [6.07, 6.45) is 4.44. The molecule has 0 fully saturated rings. The van der Waals surface area contributed by atoms with Gasteiger partial charge < -0.3 is 10.1 Å². The molecular formula is C17H26FNO. The van der Waals surface area contributed by atoms with E-state index in [9.17, 15) is 4.39 Å². The van der Waals surface area contributed by atoms with Crippen LogP contribution in [0.1, 0.15) is 45.6 Å². The molecule has 2 unspecified atom stereocenters. The third-order valence-electron chi connectivity index (χ3n) is 4.08. The highest BCUT2D eigenvalue weighted by atomic mass is 19.1. The van der Waals surface area contributed by atoms with E-state index in [1.807, 2.05) is 0 Å². The Balaban J connectivity index is 1.77. The van der Waals surface area contributed by atoms with E-state index in [2.05, 4.69) is 26.1 Å². The van der Waals surface area contributed by atoms with Gasteiger partial charge in [0.2, 0.25) is 0 Å². The molecule has 0 amide bonds. The number of hydrogen-bond acceptors (Lipinski definition) is 2. The van der Waals surface area contributed by atoms with Gasteiger partial charge in [-0.05, 0) is 49.9 Å². The van der Waals surface area contributed by atoms with Crippen molar-refractivity contribution in [2.24, 2.45) is 5.92 Å². The fourth-order valence-electron chi connectivity index (χ4n) is 2.95. The molecule has 0 saturated carbocycles. The minimum atomic E-state index is -0.167. The molecule has 2 rings (SSSR count). The fraction of sp³-hybridized carbons (Fsp3) is 0.647. The second kappa shape index (κ2) is 7.07. The molecule has 112 valence electrons. The van der Waals surface area contributed by atoms with Gasteiger partial charge in [0.15, 0.2) is 0 Å². The molecule has 2 atom stereocenters. The average Bonchev–Trinajstić information content (AvgIpc) is 2.79. The minimum Gasteiger partial charge on any atom is -0.490 e. The van der Waals surface area contributed by atoms with E-state index in [1.165, 1.54) is 12.5 Å². The summed E-state index contributed by atoms with van der Waals surface area (Å²) in [6.45, 7) is 7.70. The van der Waals surface area contributed by atoms with Crippen LogP contribution in [0.25, 0.3) is 0 Å². The van der Waals surface area contributed by atoms with Crippen molar-refractivity contribution in [1.29, 1.82) is 0 Å². The lowest BCUT2D eigenvalue weighted by atomic mass is 9.96. The molecule has 0 spiro atoms. The van der Waals surface area contributed by atoms with Crippen LogP contribution in [0.15, 0.2) is 18.2 Å². The smallest absolute Gasteiger partial charge is 0.123 e. The first-order valence-electron chi connectivity index (χ1n) is 7.78. The molecule has 0 radical (unpaired) electrons. The van der Waals surface area contributed by atoms with Crippen molar-refractivity contribution in [2.45, 2.75) is 58.6 Å². The number of fused-ring (bicyclic) bond motifs is 1. The maximum absolute atomic E-state index is 13.2. The maximum Gasteiger partial charge on any atom is 0.123 e. The number of halogens is 1. The van der Waals surface area contributed by atoms with E-state index in [4.69, 9.17) is 4.74 Å². The van der Waals surface area contributed by atoms with Crippen LogP contribution in [0.4, 0.5) is 4.39 Å². The Morgan fingerprint density at radius 1 is 1.40 bits per heavy atom. The van der Waals surface area contributed by atoms with Crippen LogP contribution < -0.4 is 10.1 Å². The Bertz CT molecular complexity index is 433. The molecule has 0 bridgehead atoms. The summed E-state index contributed by atoms with van der Waals surface area (Å²) in [5.41, 5.74) is 1.02. The Morgan fingerprint density at radius 3 is 2.90 bits per heavy atom. The lowest BCUT2D eigenvalue weighted by Crippen LogP contribution is -2.33. The van der Waals surface area contributed by atoms with Crippen LogP contribution in [-0.4, -0.2) is 18.7 Å². The Kier molecular flexibility index (Phi) is 5.41. The quantitative estimate of drug-likeness (QED) is 0.816. The zero-order valence-corrected chi connectivity index (χ0v) is 12.8. The van der Waals surface area contributed by atoms with Crippen LogP contribution in [0.5, 0.6) is 5.75 Å². The highest BCUT2D eigenvalue weighted by Gasteiger charge is 2.23. The summed E-state index contributed by atoms with van der Waals surface area (Å²) in [5, 5.41) is 3.54. The first-order valence-corrected chi connectivity index (χ1v) is 7.78. The molecule has 3 heteroatoms. The number of rotatable bonds is 7. The van der Waals surface area contributed by atoms with Crippen LogP contribution in [-0.2, 0) is 6.42 Å². The maximum atomic E-state index is 13.2. The zero-order valence-electron chi connectivity index (χ0n) is 12.8. The monoisotopic (exact) mass is 279 g/mol. The third-order valence-corrected chi connectivity index (χ3v) is 4.08. The molecule has 1 aliphatic heterocycles. The van der Waals surface area contributed by atoms with Gasteiger partial charge in [-0.25, -0.2) is 4.39 Å². The third kappa shape index (κ3) is 3.95. The van der Waals surface area contributed by atoms with Gasteiger partial charge in [0.1, 0.15) is 17.7 Å². The standard InChI is InChI=1S/C17H26FNO/c1-4-19-16(12(2)3)7-5-6-15-11-13-10-14(18)8-9-17(13)20-15/h8-10,12,15-16,19H,4-7,11H2,1-3H3. The molecule has 0 saturated heterocycles. The summed E-state index contributed by atoms with van der Waals surface area (Å²) >= 11 is 0. The summed E-state index contributed by atoms with van der Waals surface area (Å²) in [4.78, 5) is 0. The zero-order chi connectivity index (χ0) is 14.5. The fourth-order valence-corrected chi connectivity index (χ4v) is 2.95. The Morgan fingerprint density at radius 2 is 2.20 bits per heavy atom. The van der Waals surface area contributed by atoms with Gasteiger partial charge in [-0.15, -0.1) is 0 Å². The average molecular weight is 279 g/mol. The summed E-state index contributed by atoms with van der Waals surface area (Å²) < 4.78 is 19.0. The highest BCUT2D eigenvalue weighted by Crippen LogP contribution is 2.31. The molecule has 2 nitrogen and oxygen atoms in total. The number of benzene rings is 1. The van der Waals surface area contributed by atoms with E-state index in [1.54, 1.807) is 12.1 Å². The second-order valence-corrected chi connectivity index (χ2v) is 6.04. The van der Waals surface area contributed by atoms with Crippen molar-refractivity contribution in [3.05, 3.63) is 29.6 Å². The van der Waals surface area contributed by atoms with E-state index >= 15 is 0 Å². The van der Waals surface area contributed by atoms with Gasteiger partial charge in [0, 0.05) is 18.0 Å². The largest absolute Gasteiger partial charge is 0.490 e. The number of hydrogen-bond donors (Lipinski definition) is 1. The molecule has 0 aromatic heterocycles. The van der Waals surface area contributed by atoms with Gasteiger partial charge in [-0.1, -0.05) is 20.8 Å². The number of ether oxygens (including phenoxy) is 1. The molecule has 1 aromatic rings. The van der Waals surface area contributed by atoms with Crippen molar-refractivity contribution in [3.8, 4) is 5.75 Å². The van der Waals surface area contributed by atoms with E-state index in [-0.39, 0.29) is 11.9 Å².